The molecule has 1 heterocycles. The fraction of sp³-hybridized carbons (Fsp3) is 0.500. The average Bonchev–Trinajstić information content (AvgIpc) is 3.01. The van der Waals surface area contributed by atoms with Crippen molar-refractivity contribution in [3.8, 4) is 17.0 Å². The van der Waals surface area contributed by atoms with Crippen LogP contribution in [0.2, 0.25) is 0 Å². The molecule has 2 N–H and O–H groups in total. The zero-order valence-electron chi connectivity index (χ0n) is 14.6. The molecule has 2 aromatic rings. The van der Waals surface area contributed by atoms with Gasteiger partial charge in [0.05, 0.1) is 11.8 Å². The smallest absolute Gasteiger partial charge is 0.119 e. The van der Waals surface area contributed by atoms with Gasteiger partial charge in [-0.1, -0.05) is 6.92 Å². The lowest BCUT2D eigenvalue weighted by Crippen LogP contribution is -2.26. The summed E-state index contributed by atoms with van der Waals surface area (Å²) in [5.41, 5.74) is 3.33. The van der Waals surface area contributed by atoms with E-state index >= 15 is 0 Å². The van der Waals surface area contributed by atoms with Gasteiger partial charge in [-0.25, -0.2) is 0 Å². The summed E-state index contributed by atoms with van der Waals surface area (Å²) < 4.78 is 5.83. The van der Waals surface area contributed by atoms with E-state index in [4.69, 9.17) is 4.74 Å². The molecule has 0 aliphatic carbocycles. The van der Waals surface area contributed by atoms with Gasteiger partial charge in [0.15, 0.2) is 0 Å². The van der Waals surface area contributed by atoms with Crippen LogP contribution in [-0.4, -0.2) is 48.4 Å². The molecule has 5 heteroatoms. The Labute approximate surface area is 139 Å². The molecule has 0 aliphatic heterocycles. The third-order valence-electron chi connectivity index (χ3n) is 3.94. The molecular formula is C18H28N4O. The van der Waals surface area contributed by atoms with E-state index in [1.165, 1.54) is 5.56 Å². The van der Waals surface area contributed by atoms with Gasteiger partial charge in [-0.2, -0.15) is 5.10 Å². The molecule has 1 aromatic carbocycles. The van der Waals surface area contributed by atoms with E-state index in [1.54, 1.807) is 0 Å². The van der Waals surface area contributed by atoms with Crippen molar-refractivity contribution in [2.75, 3.05) is 27.2 Å². The number of hydrogen-bond acceptors (Lipinski definition) is 4. The van der Waals surface area contributed by atoms with E-state index < -0.39 is 0 Å². The van der Waals surface area contributed by atoms with Gasteiger partial charge >= 0.3 is 0 Å². The summed E-state index contributed by atoms with van der Waals surface area (Å²) in [6.45, 7) is 7.06. The zero-order chi connectivity index (χ0) is 16.7. The van der Waals surface area contributed by atoms with Crippen molar-refractivity contribution in [2.45, 2.75) is 32.9 Å². The average molecular weight is 316 g/mol. The third-order valence-corrected chi connectivity index (χ3v) is 3.94. The van der Waals surface area contributed by atoms with Crippen LogP contribution in [0.25, 0.3) is 11.3 Å². The number of nitrogens with zero attached hydrogens (tertiary/aromatic N) is 2. The summed E-state index contributed by atoms with van der Waals surface area (Å²) in [5, 5.41) is 10.6. The molecule has 0 fully saturated rings. The number of likely N-dealkylation sites (N-methyl/N-ethyl adjacent to an activating group) is 2. The number of aromatic amines is 1. The van der Waals surface area contributed by atoms with Gasteiger partial charge in [0.2, 0.25) is 0 Å². The number of hydrogen-bond donors (Lipinski definition) is 2. The van der Waals surface area contributed by atoms with E-state index in [1.807, 2.05) is 25.4 Å². The van der Waals surface area contributed by atoms with E-state index in [2.05, 4.69) is 53.4 Å². The molecule has 0 unspecified atom stereocenters. The molecule has 126 valence electrons. The first-order valence-electron chi connectivity index (χ1n) is 8.27. The lowest BCUT2D eigenvalue weighted by molar-refractivity contribution is 0.217. The van der Waals surface area contributed by atoms with E-state index in [9.17, 15) is 0 Å². The van der Waals surface area contributed by atoms with Gasteiger partial charge in [0.1, 0.15) is 5.75 Å². The maximum Gasteiger partial charge on any atom is 0.119 e. The Morgan fingerprint density at radius 3 is 2.70 bits per heavy atom. The lowest BCUT2D eigenvalue weighted by Gasteiger charge is -2.16. The van der Waals surface area contributed by atoms with E-state index in [-0.39, 0.29) is 6.10 Å². The number of benzene rings is 1. The monoisotopic (exact) mass is 316 g/mol. The second-order valence-corrected chi connectivity index (χ2v) is 5.96. The first-order valence-corrected chi connectivity index (χ1v) is 8.27. The number of rotatable bonds is 9. The second kappa shape index (κ2) is 8.70. The minimum atomic E-state index is 0.239. The Hall–Kier alpha value is -1.85. The Bertz CT molecular complexity index is 579. The van der Waals surface area contributed by atoms with Gasteiger partial charge in [-0.15, -0.1) is 0 Å². The third kappa shape index (κ3) is 5.08. The largest absolute Gasteiger partial charge is 0.491 e. The summed E-state index contributed by atoms with van der Waals surface area (Å²) in [4.78, 5) is 2.28. The van der Waals surface area contributed by atoms with Gasteiger partial charge in [0, 0.05) is 37.0 Å². The van der Waals surface area contributed by atoms with Crippen LogP contribution in [0.4, 0.5) is 0 Å². The van der Waals surface area contributed by atoms with E-state index in [0.717, 1.165) is 43.1 Å². The van der Waals surface area contributed by atoms with Crippen LogP contribution in [-0.2, 0) is 6.54 Å². The minimum Gasteiger partial charge on any atom is -0.491 e. The molecule has 1 aromatic heterocycles. The quantitative estimate of drug-likeness (QED) is 0.747. The van der Waals surface area contributed by atoms with Crippen molar-refractivity contribution in [2.24, 2.45) is 0 Å². The maximum absolute atomic E-state index is 5.83. The molecule has 0 aliphatic rings. The van der Waals surface area contributed by atoms with Gasteiger partial charge < -0.3 is 15.0 Å². The lowest BCUT2D eigenvalue weighted by atomic mass is 10.1. The highest BCUT2D eigenvalue weighted by Gasteiger charge is 2.11. The highest BCUT2D eigenvalue weighted by atomic mass is 16.5. The van der Waals surface area contributed by atoms with Crippen molar-refractivity contribution in [3.63, 3.8) is 0 Å². The van der Waals surface area contributed by atoms with Crippen molar-refractivity contribution < 1.29 is 4.74 Å². The predicted molar refractivity (Wildman–Crippen MR) is 94.7 cm³/mol. The molecule has 0 spiro atoms. The van der Waals surface area contributed by atoms with Crippen molar-refractivity contribution in [3.05, 3.63) is 36.0 Å². The van der Waals surface area contributed by atoms with Crippen LogP contribution in [0.1, 0.15) is 25.8 Å². The summed E-state index contributed by atoms with van der Waals surface area (Å²) in [5.74, 6) is 0.909. The first-order chi connectivity index (χ1) is 11.1. The van der Waals surface area contributed by atoms with Crippen LogP contribution in [0.15, 0.2) is 30.5 Å². The topological polar surface area (TPSA) is 53.2 Å². The number of H-pyrrole nitrogens is 1. The van der Waals surface area contributed by atoms with Crippen molar-refractivity contribution in [1.82, 2.24) is 20.4 Å². The maximum atomic E-state index is 5.83. The van der Waals surface area contributed by atoms with Crippen LogP contribution in [0.5, 0.6) is 5.75 Å². The summed E-state index contributed by atoms with van der Waals surface area (Å²) >= 11 is 0. The molecule has 23 heavy (non-hydrogen) atoms. The van der Waals surface area contributed by atoms with Gasteiger partial charge in [-0.3, -0.25) is 5.10 Å². The second-order valence-electron chi connectivity index (χ2n) is 5.96. The highest BCUT2D eigenvalue weighted by molar-refractivity contribution is 5.63. The van der Waals surface area contributed by atoms with E-state index in [0.29, 0.717) is 0 Å². The highest BCUT2D eigenvalue weighted by Crippen LogP contribution is 2.25. The minimum absolute atomic E-state index is 0.239. The molecule has 0 saturated carbocycles. The zero-order valence-corrected chi connectivity index (χ0v) is 14.6. The fourth-order valence-electron chi connectivity index (χ4n) is 2.36. The number of aromatic nitrogens is 2. The van der Waals surface area contributed by atoms with Gasteiger partial charge in [0.25, 0.3) is 0 Å². The number of ether oxygens (including phenoxy) is 1. The molecule has 1 atom stereocenters. The van der Waals surface area contributed by atoms with Crippen molar-refractivity contribution >= 4 is 0 Å². The predicted octanol–water partition coefficient (Wildman–Crippen LogP) is 2.91. The van der Waals surface area contributed by atoms with Crippen LogP contribution < -0.4 is 10.1 Å². The number of nitrogens with one attached hydrogen (secondary N) is 2. The molecule has 2 rings (SSSR count). The molecule has 0 bridgehead atoms. The van der Waals surface area contributed by atoms with Crippen LogP contribution in [0.3, 0.4) is 0 Å². The fourth-order valence-corrected chi connectivity index (χ4v) is 2.36. The molecular weight excluding hydrogens is 288 g/mol. The first kappa shape index (κ1) is 17.5. The molecule has 0 saturated heterocycles. The van der Waals surface area contributed by atoms with Crippen molar-refractivity contribution in [1.29, 1.82) is 0 Å². The Morgan fingerprint density at radius 1 is 1.30 bits per heavy atom. The normalized spacial score (nSPS) is 12.6. The molecule has 5 nitrogen and oxygen atoms in total. The summed E-state index contributed by atoms with van der Waals surface area (Å²) in [6.07, 6.45) is 3.22. The SMILES string of the molecule is CC[C@@H](C)Oc1ccc(-c2n[nH]cc2CN(C)CCNC)cc1. The Balaban J connectivity index is 2.06. The molecule has 0 radical (unpaired) electrons. The Kier molecular flexibility index (Phi) is 6.62. The summed E-state index contributed by atoms with van der Waals surface area (Å²) in [6, 6.07) is 8.19. The van der Waals surface area contributed by atoms with Gasteiger partial charge in [-0.05, 0) is 51.7 Å². The standard InChI is InChI=1S/C18H28N4O/c1-5-14(2)23-17-8-6-15(7-9-17)18-16(12-20-21-18)13-22(4)11-10-19-3/h6-9,12,14,19H,5,10-11,13H2,1-4H3,(H,20,21)/t14-/m1/s1. The van der Waals surface area contributed by atoms with Crippen LogP contribution >= 0.6 is 0 Å². The molecule has 0 amide bonds. The van der Waals surface area contributed by atoms with Crippen LogP contribution in [0, 0.1) is 0 Å². The Morgan fingerprint density at radius 2 is 2.04 bits per heavy atom. The summed E-state index contributed by atoms with van der Waals surface area (Å²) in [7, 11) is 4.09.